The van der Waals surface area contributed by atoms with Gasteiger partial charge in [-0.3, -0.25) is 9.78 Å². The number of rotatable bonds is 4. The van der Waals surface area contributed by atoms with Crippen molar-refractivity contribution >= 4 is 6.41 Å². The van der Waals surface area contributed by atoms with Crippen molar-refractivity contribution in [1.29, 1.82) is 0 Å². The molecule has 0 fully saturated rings. The number of benzene rings is 1. The van der Waals surface area contributed by atoms with E-state index in [9.17, 15) is 22.4 Å². The maximum absolute atomic E-state index is 13.9. The molecule has 1 N–H and O–H groups in total. The lowest BCUT2D eigenvalue weighted by atomic mass is 9.81. The zero-order chi connectivity index (χ0) is 18.1. The predicted octanol–water partition coefficient (Wildman–Crippen LogP) is 2.89. The van der Waals surface area contributed by atoms with Crippen molar-refractivity contribution < 1.29 is 31.8 Å². The first-order valence-corrected chi connectivity index (χ1v) is 7.20. The minimum Gasteiger partial charge on any atom is -0.491 e. The van der Waals surface area contributed by atoms with Crippen LogP contribution in [-0.4, -0.2) is 24.4 Å². The number of halogens is 4. The minimum absolute atomic E-state index is 0.0714. The standard InChI is InChI=1S/C16H12F4N2O3/c17-11-6-10(7-12(8-11)25-16(18,19)20)15(22-9-23)3-5-24-13-2-1-4-21-14(13)15/h1-2,4,6-9H,3,5H2,(H,22,23). The van der Waals surface area contributed by atoms with Crippen LogP contribution in [0, 0.1) is 5.82 Å². The third-order valence-corrected chi connectivity index (χ3v) is 3.81. The summed E-state index contributed by atoms with van der Waals surface area (Å²) in [6.07, 6.45) is -2.98. The number of nitrogens with one attached hydrogen (secondary N) is 1. The Morgan fingerprint density at radius 1 is 1.32 bits per heavy atom. The Balaban J connectivity index is 2.16. The molecule has 0 spiro atoms. The van der Waals surface area contributed by atoms with E-state index in [1.807, 2.05) is 0 Å². The van der Waals surface area contributed by atoms with Crippen molar-refractivity contribution in [2.24, 2.45) is 0 Å². The average molecular weight is 356 g/mol. The van der Waals surface area contributed by atoms with Crippen molar-refractivity contribution in [2.75, 3.05) is 6.61 Å². The fourth-order valence-corrected chi connectivity index (χ4v) is 2.87. The lowest BCUT2D eigenvalue weighted by Crippen LogP contribution is -2.47. The molecule has 0 bridgehead atoms. The second-order valence-corrected chi connectivity index (χ2v) is 5.34. The van der Waals surface area contributed by atoms with Crippen LogP contribution in [0.15, 0.2) is 36.5 Å². The van der Waals surface area contributed by atoms with Crippen LogP contribution in [0.3, 0.4) is 0 Å². The van der Waals surface area contributed by atoms with Gasteiger partial charge in [0, 0.05) is 18.7 Å². The number of ether oxygens (including phenoxy) is 2. The monoisotopic (exact) mass is 356 g/mol. The molecule has 1 aliphatic heterocycles. The summed E-state index contributed by atoms with van der Waals surface area (Å²) in [7, 11) is 0. The van der Waals surface area contributed by atoms with Crippen LogP contribution in [0.2, 0.25) is 0 Å². The fourth-order valence-electron chi connectivity index (χ4n) is 2.87. The molecule has 0 aliphatic carbocycles. The lowest BCUT2D eigenvalue weighted by Gasteiger charge is -2.37. The van der Waals surface area contributed by atoms with E-state index in [1.54, 1.807) is 12.1 Å². The summed E-state index contributed by atoms with van der Waals surface area (Å²) >= 11 is 0. The quantitative estimate of drug-likeness (QED) is 0.676. The summed E-state index contributed by atoms with van der Waals surface area (Å²) in [5.74, 6) is -1.31. The molecule has 2 heterocycles. The van der Waals surface area contributed by atoms with E-state index in [0.29, 0.717) is 18.2 Å². The van der Waals surface area contributed by atoms with Gasteiger partial charge in [0.1, 0.15) is 28.5 Å². The number of carbonyl (C=O) groups excluding carboxylic acids is 1. The zero-order valence-electron chi connectivity index (χ0n) is 12.6. The Kier molecular flexibility index (Phi) is 4.23. The van der Waals surface area contributed by atoms with Crippen molar-refractivity contribution in [1.82, 2.24) is 10.3 Å². The highest BCUT2D eigenvalue weighted by atomic mass is 19.4. The number of aromatic nitrogens is 1. The van der Waals surface area contributed by atoms with Gasteiger partial charge in [-0.05, 0) is 29.8 Å². The summed E-state index contributed by atoms with van der Waals surface area (Å²) in [4.78, 5) is 15.3. The number of nitrogens with zero attached hydrogens (tertiary/aromatic N) is 1. The molecule has 2 aromatic rings. The van der Waals surface area contributed by atoms with Crippen molar-refractivity contribution in [3.05, 3.63) is 53.6 Å². The van der Waals surface area contributed by atoms with Crippen molar-refractivity contribution in [2.45, 2.75) is 18.3 Å². The molecule has 9 heteroatoms. The maximum Gasteiger partial charge on any atom is 0.573 e. The predicted molar refractivity (Wildman–Crippen MR) is 77.4 cm³/mol. The molecule has 1 atom stereocenters. The van der Waals surface area contributed by atoms with Crippen LogP contribution < -0.4 is 14.8 Å². The molecule has 1 aliphatic rings. The van der Waals surface area contributed by atoms with Crippen LogP contribution >= 0.6 is 0 Å². The molecular weight excluding hydrogens is 344 g/mol. The molecule has 0 saturated carbocycles. The van der Waals surface area contributed by atoms with Gasteiger partial charge in [-0.15, -0.1) is 13.2 Å². The maximum atomic E-state index is 13.9. The Labute approximate surface area is 139 Å². The topological polar surface area (TPSA) is 60.5 Å². The Bertz CT molecular complexity index is 797. The second-order valence-electron chi connectivity index (χ2n) is 5.34. The van der Waals surface area contributed by atoms with Gasteiger partial charge in [-0.25, -0.2) is 4.39 Å². The summed E-state index contributed by atoms with van der Waals surface area (Å²) in [6.45, 7) is 0.158. The molecule has 25 heavy (non-hydrogen) atoms. The number of pyridine rings is 1. The molecule has 3 rings (SSSR count). The molecular formula is C16H12F4N2O3. The molecule has 1 aromatic carbocycles. The van der Waals surface area contributed by atoms with E-state index >= 15 is 0 Å². The smallest absolute Gasteiger partial charge is 0.491 e. The van der Waals surface area contributed by atoms with E-state index in [1.165, 1.54) is 6.20 Å². The number of carbonyl (C=O) groups is 1. The van der Waals surface area contributed by atoms with Crippen LogP contribution in [0.25, 0.3) is 0 Å². The lowest BCUT2D eigenvalue weighted by molar-refractivity contribution is -0.274. The highest BCUT2D eigenvalue weighted by Gasteiger charge is 2.42. The van der Waals surface area contributed by atoms with Gasteiger partial charge >= 0.3 is 6.36 Å². The van der Waals surface area contributed by atoms with Gasteiger partial charge in [0.25, 0.3) is 0 Å². The van der Waals surface area contributed by atoms with Crippen LogP contribution in [0.5, 0.6) is 11.5 Å². The third-order valence-electron chi connectivity index (χ3n) is 3.81. The highest BCUT2D eigenvalue weighted by Crippen LogP contribution is 2.41. The van der Waals surface area contributed by atoms with E-state index in [2.05, 4.69) is 15.0 Å². The summed E-state index contributed by atoms with van der Waals surface area (Å²) in [5.41, 5.74) is -0.985. The highest BCUT2D eigenvalue weighted by molar-refractivity contribution is 5.56. The number of alkyl halides is 3. The first-order chi connectivity index (χ1) is 11.8. The van der Waals surface area contributed by atoms with Crippen molar-refractivity contribution in [3.63, 3.8) is 0 Å². The molecule has 132 valence electrons. The number of amides is 1. The van der Waals surface area contributed by atoms with Gasteiger partial charge in [0.2, 0.25) is 6.41 Å². The molecule has 1 unspecified atom stereocenters. The number of fused-ring (bicyclic) bond motifs is 1. The fraction of sp³-hybridized carbons (Fsp3) is 0.250. The SMILES string of the molecule is O=CNC1(c2cc(F)cc(OC(F)(F)F)c2)CCOc2cccnc21. The van der Waals surface area contributed by atoms with E-state index < -0.39 is 23.5 Å². The van der Waals surface area contributed by atoms with E-state index in [4.69, 9.17) is 4.74 Å². The van der Waals surface area contributed by atoms with Crippen LogP contribution in [0.4, 0.5) is 17.6 Å². The molecule has 1 amide bonds. The van der Waals surface area contributed by atoms with Crippen molar-refractivity contribution in [3.8, 4) is 11.5 Å². The Morgan fingerprint density at radius 3 is 2.84 bits per heavy atom. The van der Waals surface area contributed by atoms with E-state index in [0.717, 1.165) is 12.1 Å². The molecule has 5 nitrogen and oxygen atoms in total. The molecule has 0 radical (unpaired) electrons. The van der Waals surface area contributed by atoms with Gasteiger partial charge in [-0.1, -0.05) is 0 Å². The number of hydrogen-bond acceptors (Lipinski definition) is 4. The Morgan fingerprint density at radius 2 is 2.12 bits per heavy atom. The first kappa shape index (κ1) is 17.0. The van der Waals surface area contributed by atoms with Gasteiger partial charge in [0.15, 0.2) is 0 Å². The van der Waals surface area contributed by atoms with E-state index in [-0.39, 0.29) is 24.3 Å². The van der Waals surface area contributed by atoms with Crippen LogP contribution in [-0.2, 0) is 10.3 Å². The summed E-state index contributed by atoms with van der Waals surface area (Å²) in [5, 5.41) is 2.56. The molecule has 1 aromatic heterocycles. The average Bonchev–Trinajstić information content (AvgIpc) is 2.53. The van der Waals surface area contributed by atoms with Gasteiger partial charge in [-0.2, -0.15) is 0 Å². The largest absolute Gasteiger partial charge is 0.573 e. The Hall–Kier alpha value is -2.84. The normalized spacial score (nSPS) is 19.5. The third kappa shape index (κ3) is 3.35. The second kappa shape index (κ2) is 6.23. The summed E-state index contributed by atoms with van der Waals surface area (Å²) < 4.78 is 60.7. The molecule has 0 saturated heterocycles. The number of hydrogen-bond donors (Lipinski definition) is 1. The summed E-state index contributed by atoms with van der Waals surface area (Å²) in [6, 6.07) is 5.89. The first-order valence-electron chi connectivity index (χ1n) is 7.20. The zero-order valence-corrected chi connectivity index (χ0v) is 12.6. The van der Waals surface area contributed by atoms with Gasteiger partial charge in [0.05, 0.1) is 6.61 Å². The minimum atomic E-state index is -4.97. The van der Waals surface area contributed by atoms with Crippen LogP contribution in [0.1, 0.15) is 17.7 Å². The van der Waals surface area contributed by atoms with Gasteiger partial charge < -0.3 is 14.8 Å².